The summed E-state index contributed by atoms with van der Waals surface area (Å²) in [5.41, 5.74) is 9.19. The molecule has 2 aromatic heterocycles. The number of sulfonamides is 1. The number of rotatable bonds is 7. The standard InChI is InChI=1S/C24H25N7O3S2/c25-23-30-21-8-3-16(11-22(21)35-23)1-2-17-12-27-24(28-13-17)29-18-4-6-20(7-5-18)36(33,34)31-10-9-26-14-19(31)15-32/h1-8,11-13,19,26,32H,9-10,14-15H2,(H2,25,30)(H,27,28,29)/p+1/b2-1+. The molecule has 1 aliphatic rings. The van der Waals surface area contributed by atoms with Gasteiger partial charge in [-0.15, -0.1) is 0 Å². The molecule has 0 saturated carbocycles. The average molecular weight is 525 g/mol. The lowest BCUT2D eigenvalue weighted by Crippen LogP contribution is -3.20. The van der Waals surface area contributed by atoms with E-state index in [1.54, 1.807) is 36.7 Å². The largest absolute Gasteiger partial charge is 0.390 e. The fraction of sp³-hybridized carbons (Fsp3) is 0.208. The molecule has 5 rings (SSSR count). The van der Waals surface area contributed by atoms with E-state index in [4.69, 9.17) is 5.73 Å². The first kappa shape index (κ1) is 24.3. The minimum absolute atomic E-state index is 0.194. The molecule has 1 aliphatic heterocycles. The quantitative estimate of drug-likeness (QED) is 0.240. The Bertz CT molecular complexity index is 1490. The molecule has 0 aliphatic carbocycles. The Labute approximate surface area is 212 Å². The maximum Gasteiger partial charge on any atom is 0.326 e. The maximum absolute atomic E-state index is 13.1. The molecule has 0 spiro atoms. The maximum atomic E-state index is 13.1. The van der Waals surface area contributed by atoms with Gasteiger partial charge in [-0.3, -0.25) is 0 Å². The summed E-state index contributed by atoms with van der Waals surface area (Å²) in [6, 6.07) is 12.1. The smallest absolute Gasteiger partial charge is 0.326 e. The molecule has 1 fully saturated rings. The Kier molecular flexibility index (Phi) is 6.94. The summed E-state index contributed by atoms with van der Waals surface area (Å²) in [5.74, 6) is 0.400. The van der Waals surface area contributed by atoms with Gasteiger partial charge in [-0.2, -0.15) is 8.42 Å². The normalized spacial score (nSPS) is 18.6. The van der Waals surface area contributed by atoms with E-state index in [-0.39, 0.29) is 11.5 Å². The molecule has 6 N–H and O–H groups in total. The van der Waals surface area contributed by atoms with Crippen LogP contribution in [-0.4, -0.2) is 60.8 Å². The van der Waals surface area contributed by atoms with E-state index in [1.807, 2.05) is 30.4 Å². The van der Waals surface area contributed by atoms with Crippen LogP contribution in [0.3, 0.4) is 0 Å². The Hall–Kier alpha value is -3.42. The zero-order valence-electron chi connectivity index (χ0n) is 19.3. The van der Waals surface area contributed by atoms with Crippen LogP contribution < -0.4 is 20.7 Å². The first-order valence-corrected chi connectivity index (χ1v) is 13.7. The van der Waals surface area contributed by atoms with Gasteiger partial charge in [0, 0.05) is 30.2 Å². The zero-order chi connectivity index (χ0) is 25.1. The van der Waals surface area contributed by atoms with Crippen LogP contribution in [0.1, 0.15) is 11.1 Å². The first-order chi connectivity index (χ1) is 17.4. The first-order valence-electron chi connectivity index (χ1n) is 11.4. The highest BCUT2D eigenvalue weighted by Crippen LogP contribution is 2.25. The lowest BCUT2D eigenvalue weighted by atomic mass is 10.2. The van der Waals surface area contributed by atoms with E-state index in [0.29, 0.717) is 40.7 Å². The highest BCUT2D eigenvalue weighted by molar-refractivity contribution is 7.85. The summed E-state index contributed by atoms with van der Waals surface area (Å²) in [6.07, 6.45) is 7.31. The monoisotopic (exact) mass is 524 g/mol. The van der Waals surface area contributed by atoms with Gasteiger partial charge in [0.05, 0.1) is 23.4 Å². The molecular weight excluding hydrogens is 498 g/mol. The second-order valence-electron chi connectivity index (χ2n) is 8.41. The van der Waals surface area contributed by atoms with Crippen LogP contribution >= 0.6 is 11.3 Å². The summed E-state index contributed by atoms with van der Waals surface area (Å²) in [5, 5.41) is 16.3. The van der Waals surface area contributed by atoms with Crippen LogP contribution in [0.25, 0.3) is 22.4 Å². The predicted octanol–water partition coefficient (Wildman–Crippen LogP) is 1.12. The number of nitrogen functional groups attached to an aromatic ring is 1. The fourth-order valence-electron chi connectivity index (χ4n) is 4.07. The molecule has 36 heavy (non-hydrogen) atoms. The molecule has 2 aromatic carbocycles. The predicted molar refractivity (Wildman–Crippen MR) is 141 cm³/mol. The number of nitrogens with one attached hydrogen (secondary N) is 3. The molecule has 1 saturated heterocycles. The van der Waals surface area contributed by atoms with Crippen molar-refractivity contribution < 1.29 is 17.8 Å². The summed E-state index contributed by atoms with van der Waals surface area (Å²) >= 11 is 1.45. The minimum Gasteiger partial charge on any atom is -0.390 e. The van der Waals surface area contributed by atoms with Crippen molar-refractivity contribution >= 4 is 60.5 Å². The van der Waals surface area contributed by atoms with E-state index < -0.39 is 16.1 Å². The van der Waals surface area contributed by atoms with E-state index in [9.17, 15) is 13.5 Å². The minimum atomic E-state index is -3.62. The van der Waals surface area contributed by atoms with E-state index in [0.717, 1.165) is 21.3 Å². The number of nitrogens with two attached hydrogens (primary N) is 1. The van der Waals surface area contributed by atoms with Crippen LogP contribution in [0.15, 0.2) is 59.8 Å². The highest BCUT2D eigenvalue weighted by Gasteiger charge is 2.37. The summed E-state index contributed by atoms with van der Waals surface area (Å²) < 4.78 is 27.5. The van der Waals surface area contributed by atoms with Crippen molar-refractivity contribution in [1.82, 2.24) is 20.3 Å². The van der Waals surface area contributed by atoms with Crippen molar-refractivity contribution in [3.63, 3.8) is 0 Å². The molecule has 2 unspecified atom stereocenters. The van der Waals surface area contributed by atoms with Crippen LogP contribution in [0.2, 0.25) is 0 Å². The van der Waals surface area contributed by atoms with Crippen LogP contribution in [-0.2, 0) is 10.0 Å². The number of hydrogen-bond acceptors (Lipinski definition) is 10. The topological polar surface area (TPSA) is 148 Å². The summed E-state index contributed by atoms with van der Waals surface area (Å²) in [6.45, 7) is 1.25. The Morgan fingerprint density at radius 3 is 2.64 bits per heavy atom. The fourth-order valence-corrected chi connectivity index (χ4v) is 6.61. The van der Waals surface area contributed by atoms with Crippen molar-refractivity contribution in [1.29, 1.82) is 0 Å². The molecule has 10 nitrogen and oxygen atoms in total. The Balaban J connectivity index is 1.24. The number of nitrogens with zero attached hydrogens (tertiary/aromatic N) is 3. The third-order valence-electron chi connectivity index (χ3n) is 5.95. The van der Waals surface area contributed by atoms with Crippen molar-refractivity contribution in [3.05, 3.63) is 66.0 Å². The summed E-state index contributed by atoms with van der Waals surface area (Å²) in [4.78, 5) is 13.2. The van der Waals surface area contributed by atoms with Gasteiger partial charge in [0.1, 0.15) is 17.5 Å². The number of piperazine rings is 1. The molecule has 2 atom stereocenters. The molecule has 4 aromatic rings. The number of quaternary nitrogens is 1. The number of hydrogen-bond donors (Lipinski definition) is 5. The van der Waals surface area contributed by atoms with Crippen molar-refractivity contribution in [3.8, 4) is 0 Å². The third kappa shape index (κ3) is 5.22. The van der Waals surface area contributed by atoms with Gasteiger partial charge >= 0.3 is 10.0 Å². The van der Waals surface area contributed by atoms with Crippen LogP contribution in [0, 0.1) is 0 Å². The molecule has 186 valence electrons. The third-order valence-corrected chi connectivity index (χ3v) is 8.92. The molecule has 0 radical (unpaired) electrons. The Morgan fingerprint density at radius 1 is 1.14 bits per heavy atom. The zero-order valence-corrected chi connectivity index (χ0v) is 20.9. The second-order valence-corrected chi connectivity index (χ2v) is 11.5. The second kappa shape index (κ2) is 10.3. The lowest BCUT2D eigenvalue weighted by Gasteiger charge is -2.30. The van der Waals surface area contributed by atoms with Gasteiger partial charge in [0.15, 0.2) is 5.13 Å². The van der Waals surface area contributed by atoms with Crippen LogP contribution in [0.4, 0.5) is 16.8 Å². The number of anilines is 3. The molecule has 0 bridgehead atoms. The van der Waals surface area contributed by atoms with Crippen molar-refractivity contribution in [2.45, 2.75) is 10.9 Å². The lowest BCUT2D eigenvalue weighted by molar-refractivity contribution is -0.801. The Morgan fingerprint density at radius 2 is 1.89 bits per heavy atom. The summed E-state index contributed by atoms with van der Waals surface area (Å²) in [7, 11) is -3.62. The number of thiazole rings is 1. The van der Waals surface area contributed by atoms with Crippen LogP contribution in [0.5, 0.6) is 0 Å². The van der Waals surface area contributed by atoms with Gasteiger partial charge in [-0.25, -0.2) is 19.3 Å². The molecule has 3 heterocycles. The van der Waals surface area contributed by atoms with Gasteiger partial charge in [-0.1, -0.05) is 29.6 Å². The molecule has 12 heteroatoms. The van der Waals surface area contributed by atoms with Gasteiger partial charge < -0.3 is 21.5 Å². The van der Waals surface area contributed by atoms with Crippen molar-refractivity contribution in [2.24, 2.45) is 0 Å². The van der Waals surface area contributed by atoms with Gasteiger partial charge in [0.25, 0.3) is 0 Å². The SMILES string of the molecule is Nc1nc2ccc(/C=C/c3cnc(Nc4ccc(S(=O)(=O)[NH+]5CCNCC5CO)cc4)nc3)cc2s1. The van der Waals surface area contributed by atoms with E-state index in [2.05, 4.69) is 25.6 Å². The number of aliphatic hydroxyl groups is 1. The molecule has 0 amide bonds. The molecular formula is C24H26N7O3S2+. The average Bonchev–Trinajstić information content (AvgIpc) is 3.28. The van der Waals surface area contributed by atoms with Gasteiger partial charge in [-0.05, 0) is 42.0 Å². The number of aliphatic hydroxyl groups excluding tert-OH is 1. The highest BCUT2D eigenvalue weighted by atomic mass is 32.2. The number of aromatic nitrogens is 3. The van der Waals surface area contributed by atoms with Crippen molar-refractivity contribution in [2.75, 3.05) is 37.3 Å². The van der Waals surface area contributed by atoms with Gasteiger partial charge in [0.2, 0.25) is 5.95 Å². The van der Waals surface area contributed by atoms with E-state index >= 15 is 0 Å². The number of benzene rings is 2. The number of fused-ring (bicyclic) bond motifs is 1. The van der Waals surface area contributed by atoms with E-state index in [1.165, 1.54) is 11.3 Å².